The van der Waals surface area contributed by atoms with Crippen molar-refractivity contribution in [1.82, 2.24) is 9.62 Å². The van der Waals surface area contributed by atoms with Gasteiger partial charge in [-0.2, -0.15) is 0 Å². The maximum atomic E-state index is 11.9. The summed E-state index contributed by atoms with van der Waals surface area (Å²) < 4.78 is 26.0. The Labute approximate surface area is 165 Å². The van der Waals surface area contributed by atoms with Crippen molar-refractivity contribution in [1.29, 1.82) is 0 Å². The first-order valence-electron chi connectivity index (χ1n) is 8.88. The summed E-state index contributed by atoms with van der Waals surface area (Å²) in [7, 11) is -0.450. The molecule has 0 spiro atoms. The first-order valence-corrected chi connectivity index (χ1v) is 10.4. The van der Waals surface area contributed by atoms with Crippen LogP contribution in [-0.4, -0.2) is 38.4 Å². The first-order chi connectivity index (χ1) is 13.2. The van der Waals surface area contributed by atoms with E-state index in [1.54, 1.807) is 0 Å². The van der Waals surface area contributed by atoms with Crippen molar-refractivity contribution in [3.05, 3.63) is 63.7 Å². The smallest absolute Gasteiger partial charge is 0.293 e. The zero-order valence-electron chi connectivity index (χ0n) is 16.5. The highest BCUT2D eigenvalue weighted by Gasteiger charge is 2.20. The second-order valence-electron chi connectivity index (χ2n) is 6.77. The molecule has 0 aliphatic carbocycles. The molecule has 0 saturated carbocycles. The van der Waals surface area contributed by atoms with Gasteiger partial charge in [-0.15, -0.1) is 0 Å². The van der Waals surface area contributed by atoms with Crippen LogP contribution >= 0.6 is 0 Å². The molecular formula is C19H26N4O4S. The Bertz CT molecular complexity index is 945. The van der Waals surface area contributed by atoms with Gasteiger partial charge in [-0.25, -0.2) is 13.1 Å². The van der Waals surface area contributed by atoms with Crippen LogP contribution in [-0.2, 0) is 23.1 Å². The fourth-order valence-corrected chi connectivity index (χ4v) is 3.37. The van der Waals surface area contributed by atoms with Gasteiger partial charge in [0.2, 0.25) is 10.0 Å². The second kappa shape index (κ2) is 9.13. The van der Waals surface area contributed by atoms with Crippen molar-refractivity contribution in [2.75, 3.05) is 19.4 Å². The molecule has 0 aliphatic rings. The third-order valence-corrected chi connectivity index (χ3v) is 6.05. The summed E-state index contributed by atoms with van der Waals surface area (Å²) in [6.07, 6.45) is 0. The van der Waals surface area contributed by atoms with Gasteiger partial charge in [0.15, 0.2) is 0 Å². The Morgan fingerprint density at radius 2 is 1.79 bits per heavy atom. The van der Waals surface area contributed by atoms with Crippen LogP contribution in [0.15, 0.2) is 47.4 Å². The third-order valence-electron chi connectivity index (χ3n) is 4.63. The number of anilines is 1. The van der Waals surface area contributed by atoms with Crippen molar-refractivity contribution in [2.24, 2.45) is 0 Å². The molecule has 152 valence electrons. The predicted molar refractivity (Wildman–Crippen MR) is 110 cm³/mol. The number of rotatable bonds is 9. The van der Waals surface area contributed by atoms with E-state index in [9.17, 15) is 18.5 Å². The van der Waals surface area contributed by atoms with Crippen molar-refractivity contribution >= 4 is 21.4 Å². The van der Waals surface area contributed by atoms with Gasteiger partial charge in [-0.05, 0) is 51.2 Å². The summed E-state index contributed by atoms with van der Waals surface area (Å²) in [6, 6.07) is 12.1. The summed E-state index contributed by atoms with van der Waals surface area (Å²) in [5, 5.41) is 14.5. The second-order valence-corrected chi connectivity index (χ2v) is 8.66. The van der Waals surface area contributed by atoms with E-state index in [0.717, 1.165) is 23.7 Å². The number of nitrogens with one attached hydrogen (secondary N) is 2. The Hall–Kier alpha value is -2.49. The van der Waals surface area contributed by atoms with Crippen LogP contribution in [0.4, 0.5) is 11.4 Å². The van der Waals surface area contributed by atoms with E-state index >= 15 is 0 Å². The summed E-state index contributed by atoms with van der Waals surface area (Å²) >= 11 is 0. The average Bonchev–Trinajstić information content (AvgIpc) is 2.66. The lowest BCUT2D eigenvalue weighted by molar-refractivity contribution is -0.384. The van der Waals surface area contributed by atoms with Crippen LogP contribution in [0.1, 0.15) is 25.0 Å². The van der Waals surface area contributed by atoms with Gasteiger partial charge >= 0.3 is 0 Å². The summed E-state index contributed by atoms with van der Waals surface area (Å²) in [4.78, 5) is 12.9. The summed E-state index contributed by atoms with van der Waals surface area (Å²) in [5.41, 5.74) is 2.14. The van der Waals surface area contributed by atoms with Gasteiger partial charge in [0, 0.05) is 25.2 Å². The van der Waals surface area contributed by atoms with Gasteiger partial charge in [0.05, 0.1) is 9.82 Å². The average molecular weight is 407 g/mol. The molecule has 8 nitrogen and oxygen atoms in total. The Morgan fingerprint density at radius 3 is 2.36 bits per heavy atom. The fraction of sp³-hybridized carbons (Fsp3) is 0.368. The van der Waals surface area contributed by atoms with E-state index in [1.165, 1.54) is 19.2 Å². The standard InChI is InChI=1S/C19H26N4O4S/c1-14(2)22(4)13-16-8-6-5-7-15(16)12-21-18-10-9-17(28(26,27)20-3)11-19(18)23(24)25/h5-11,14,20-21H,12-13H2,1-4H3. The molecule has 0 aromatic heterocycles. The number of nitro groups is 1. The lowest BCUT2D eigenvalue weighted by Gasteiger charge is -2.22. The highest BCUT2D eigenvalue weighted by Crippen LogP contribution is 2.28. The van der Waals surface area contributed by atoms with Crippen molar-refractivity contribution in [2.45, 2.75) is 37.9 Å². The minimum Gasteiger partial charge on any atom is -0.375 e. The first kappa shape index (κ1) is 21.8. The zero-order chi connectivity index (χ0) is 20.9. The van der Waals surface area contributed by atoms with Crippen LogP contribution in [0.3, 0.4) is 0 Å². The van der Waals surface area contributed by atoms with Gasteiger partial charge in [-0.1, -0.05) is 24.3 Å². The minimum atomic E-state index is -3.75. The molecule has 2 aromatic rings. The summed E-state index contributed by atoms with van der Waals surface area (Å²) in [5.74, 6) is 0. The van der Waals surface area contributed by atoms with Crippen LogP contribution in [0.2, 0.25) is 0 Å². The summed E-state index contributed by atoms with van der Waals surface area (Å²) in [6.45, 7) is 5.38. The molecule has 9 heteroatoms. The normalized spacial score (nSPS) is 11.8. The van der Waals surface area contributed by atoms with E-state index in [4.69, 9.17) is 0 Å². The molecule has 0 aliphatic heterocycles. The number of benzene rings is 2. The topological polar surface area (TPSA) is 105 Å². The van der Waals surface area contributed by atoms with Gasteiger partial charge in [0.1, 0.15) is 5.69 Å². The van der Waals surface area contributed by atoms with Crippen LogP contribution in [0.25, 0.3) is 0 Å². The van der Waals surface area contributed by atoms with Gasteiger partial charge in [-0.3, -0.25) is 15.0 Å². The molecule has 0 bridgehead atoms. The van der Waals surface area contributed by atoms with E-state index in [1.807, 2.05) is 31.3 Å². The maximum Gasteiger partial charge on any atom is 0.293 e. The van der Waals surface area contributed by atoms with Crippen molar-refractivity contribution in [3.63, 3.8) is 0 Å². The molecule has 0 heterocycles. The highest BCUT2D eigenvalue weighted by molar-refractivity contribution is 7.89. The fourth-order valence-electron chi connectivity index (χ4n) is 2.62. The van der Waals surface area contributed by atoms with E-state index in [-0.39, 0.29) is 16.3 Å². The largest absolute Gasteiger partial charge is 0.375 e. The monoisotopic (exact) mass is 406 g/mol. The van der Waals surface area contributed by atoms with Crippen LogP contribution in [0, 0.1) is 10.1 Å². The van der Waals surface area contributed by atoms with Crippen molar-refractivity contribution in [3.8, 4) is 0 Å². The SMILES string of the molecule is CNS(=O)(=O)c1ccc(NCc2ccccc2CN(C)C(C)C)c([N+](=O)[O-])c1. The third kappa shape index (κ3) is 5.28. The molecular weight excluding hydrogens is 380 g/mol. The zero-order valence-corrected chi connectivity index (χ0v) is 17.3. The number of nitrogens with zero attached hydrogens (tertiary/aromatic N) is 2. The molecule has 0 amide bonds. The number of nitro benzene ring substituents is 1. The molecule has 0 saturated heterocycles. The molecule has 2 rings (SSSR count). The quantitative estimate of drug-likeness (QED) is 0.490. The predicted octanol–water partition coefficient (Wildman–Crippen LogP) is 2.96. The lowest BCUT2D eigenvalue weighted by Crippen LogP contribution is -2.26. The number of hydrogen-bond acceptors (Lipinski definition) is 6. The van der Waals surface area contributed by atoms with E-state index in [0.29, 0.717) is 12.6 Å². The lowest BCUT2D eigenvalue weighted by atomic mass is 10.1. The molecule has 0 radical (unpaired) electrons. The number of hydrogen-bond donors (Lipinski definition) is 2. The molecule has 28 heavy (non-hydrogen) atoms. The number of sulfonamides is 1. The Kier molecular flexibility index (Phi) is 7.11. The molecule has 0 atom stereocenters. The Balaban J connectivity index is 2.27. The van der Waals surface area contributed by atoms with E-state index < -0.39 is 14.9 Å². The molecule has 2 aromatic carbocycles. The maximum absolute atomic E-state index is 11.9. The Morgan fingerprint density at radius 1 is 1.14 bits per heavy atom. The van der Waals surface area contributed by atoms with Crippen LogP contribution < -0.4 is 10.0 Å². The minimum absolute atomic E-state index is 0.147. The van der Waals surface area contributed by atoms with Gasteiger partial charge in [0.25, 0.3) is 5.69 Å². The molecule has 2 N–H and O–H groups in total. The van der Waals surface area contributed by atoms with Crippen molar-refractivity contribution < 1.29 is 13.3 Å². The highest BCUT2D eigenvalue weighted by atomic mass is 32.2. The van der Waals surface area contributed by atoms with E-state index in [2.05, 4.69) is 28.8 Å². The van der Waals surface area contributed by atoms with Crippen LogP contribution in [0.5, 0.6) is 0 Å². The van der Waals surface area contributed by atoms with Gasteiger partial charge < -0.3 is 5.32 Å². The molecule has 0 unspecified atom stereocenters. The molecule has 0 fully saturated rings.